The third kappa shape index (κ3) is 2.65. The average molecular weight is 325 g/mol. The van der Waals surface area contributed by atoms with E-state index in [1.165, 1.54) is 0 Å². The molecule has 0 fully saturated rings. The van der Waals surface area contributed by atoms with Gasteiger partial charge in [-0.15, -0.1) is 13.2 Å². The summed E-state index contributed by atoms with van der Waals surface area (Å²) in [5, 5.41) is 0.715. The Kier molecular flexibility index (Phi) is 4.25. The molecular formula is C12H12BrF3S. The smallest absolute Gasteiger partial charge is 0.600 e. The van der Waals surface area contributed by atoms with Gasteiger partial charge in [0.1, 0.15) is 0 Å². The summed E-state index contributed by atoms with van der Waals surface area (Å²) in [4.78, 5) is 0.494. The predicted octanol–water partition coefficient (Wildman–Crippen LogP) is 2.19. The maximum atomic E-state index is 13.0. The topological polar surface area (TPSA) is 0 Å². The van der Waals surface area contributed by atoms with Crippen molar-refractivity contribution in [1.29, 1.82) is 0 Å². The molecule has 1 atom stereocenters. The molecule has 0 spiro atoms. The van der Waals surface area contributed by atoms with Crippen LogP contribution in [0.15, 0.2) is 30.3 Å². The maximum absolute atomic E-state index is 13.0. The van der Waals surface area contributed by atoms with Crippen LogP contribution >= 0.6 is 10.5 Å². The number of hydrogen-bond donors (Lipinski definition) is 0. The summed E-state index contributed by atoms with van der Waals surface area (Å²) >= 11 is 0. The number of benzene rings is 1. The Morgan fingerprint density at radius 1 is 1.12 bits per heavy atom. The highest BCUT2D eigenvalue weighted by atomic mass is 79.9. The number of alkyl halides is 3. The van der Waals surface area contributed by atoms with Gasteiger partial charge in [0.2, 0.25) is 0 Å². The zero-order valence-electron chi connectivity index (χ0n) is 9.38. The van der Waals surface area contributed by atoms with E-state index >= 15 is 0 Å². The van der Waals surface area contributed by atoms with Crippen molar-refractivity contribution in [2.75, 3.05) is 0 Å². The van der Waals surface area contributed by atoms with E-state index < -0.39 is 16.0 Å². The van der Waals surface area contributed by atoms with Gasteiger partial charge in [0.05, 0.1) is 10.5 Å². The monoisotopic (exact) mass is 324 g/mol. The second-order valence-corrected chi connectivity index (χ2v) is 5.98. The predicted molar refractivity (Wildman–Crippen MR) is 61.8 cm³/mol. The molecule has 0 bridgehead atoms. The van der Waals surface area contributed by atoms with Crippen LogP contribution in [0.1, 0.15) is 24.6 Å². The highest BCUT2D eigenvalue weighted by Crippen LogP contribution is 2.52. The summed E-state index contributed by atoms with van der Waals surface area (Å²) in [7, 11) is -1.73. The van der Waals surface area contributed by atoms with Crippen LogP contribution < -0.4 is 17.0 Å². The fourth-order valence-electron chi connectivity index (χ4n) is 1.79. The maximum Gasteiger partial charge on any atom is 0.600 e. The van der Waals surface area contributed by atoms with Crippen molar-refractivity contribution < 1.29 is 30.2 Å². The molecule has 0 aliphatic carbocycles. The third-order valence-corrected chi connectivity index (χ3v) is 4.81. The van der Waals surface area contributed by atoms with E-state index in [0.717, 1.165) is 0 Å². The molecule has 94 valence electrons. The van der Waals surface area contributed by atoms with Crippen molar-refractivity contribution >= 4 is 20.6 Å². The zero-order valence-corrected chi connectivity index (χ0v) is 11.8. The van der Waals surface area contributed by atoms with E-state index in [1.54, 1.807) is 30.3 Å². The molecule has 0 aliphatic rings. The van der Waals surface area contributed by atoms with Crippen LogP contribution in [0.3, 0.4) is 0 Å². The van der Waals surface area contributed by atoms with Crippen molar-refractivity contribution in [2.24, 2.45) is 0 Å². The first kappa shape index (κ1) is 14.5. The second kappa shape index (κ2) is 4.98. The Hall–Kier alpha value is -0.550. The van der Waals surface area contributed by atoms with Gasteiger partial charge in [0.15, 0.2) is 9.58 Å². The zero-order chi connectivity index (χ0) is 11.9. The van der Waals surface area contributed by atoms with Gasteiger partial charge in [0.25, 0.3) is 0 Å². The summed E-state index contributed by atoms with van der Waals surface area (Å²) in [6.45, 7) is 3.62. The molecule has 0 saturated heterocycles. The second-order valence-electron chi connectivity index (χ2n) is 3.99. The standard InChI is InChI=1S/C12H12F3S.BrH/c1-8(2)11-7-9-5-3-4-6-10(9)16(11)12(13,14)15;/h3-8H,1-2H3;1H/q+1;/p-1. The molecule has 0 amide bonds. The first-order valence-electron chi connectivity index (χ1n) is 5.03. The lowest BCUT2D eigenvalue weighted by Gasteiger charge is -2.01. The molecule has 0 nitrogen and oxygen atoms in total. The molecule has 1 unspecified atom stereocenters. The Labute approximate surface area is 111 Å². The molecule has 2 aromatic rings. The lowest BCUT2D eigenvalue weighted by atomic mass is 10.1. The fraction of sp³-hybridized carbons (Fsp3) is 0.333. The van der Waals surface area contributed by atoms with Crippen LogP contribution in [0.5, 0.6) is 0 Å². The van der Waals surface area contributed by atoms with Gasteiger partial charge in [-0.05, 0) is 12.1 Å². The largest absolute Gasteiger partial charge is 1.00 e. The lowest BCUT2D eigenvalue weighted by molar-refractivity contribution is -0.0868. The van der Waals surface area contributed by atoms with Crippen LogP contribution in [-0.2, 0) is 5.51 Å². The summed E-state index contributed by atoms with van der Waals surface area (Å²) in [6, 6.07) is 8.46. The van der Waals surface area contributed by atoms with Crippen LogP contribution in [-0.4, -0.2) is 0 Å². The third-order valence-electron chi connectivity index (χ3n) is 2.47. The quantitative estimate of drug-likeness (QED) is 0.705. The molecule has 2 rings (SSSR count). The van der Waals surface area contributed by atoms with Crippen molar-refractivity contribution in [2.45, 2.75) is 25.3 Å². The summed E-state index contributed by atoms with van der Waals surface area (Å²) in [6.07, 6.45) is 0. The summed E-state index contributed by atoms with van der Waals surface area (Å²) in [5.74, 6) is -0.0719. The van der Waals surface area contributed by atoms with Gasteiger partial charge < -0.3 is 17.0 Å². The van der Waals surface area contributed by atoms with Crippen LogP contribution in [0.4, 0.5) is 13.2 Å². The van der Waals surface area contributed by atoms with E-state index in [2.05, 4.69) is 0 Å². The van der Waals surface area contributed by atoms with Gasteiger partial charge in [-0.1, -0.05) is 26.0 Å². The van der Waals surface area contributed by atoms with E-state index in [4.69, 9.17) is 0 Å². The first-order chi connectivity index (χ1) is 7.41. The first-order valence-corrected chi connectivity index (χ1v) is 6.25. The van der Waals surface area contributed by atoms with Gasteiger partial charge in [-0.2, -0.15) is 0 Å². The number of fused-ring (bicyclic) bond motifs is 1. The molecule has 0 N–H and O–H groups in total. The van der Waals surface area contributed by atoms with Crippen LogP contribution in [0.25, 0.3) is 10.1 Å². The van der Waals surface area contributed by atoms with E-state index in [-0.39, 0.29) is 22.9 Å². The fourth-order valence-corrected chi connectivity index (χ4v) is 3.85. The molecule has 1 aromatic carbocycles. The number of thiophene rings is 1. The molecule has 1 heterocycles. The van der Waals surface area contributed by atoms with E-state index in [9.17, 15) is 13.2 Å². The minimum Gasteiger partial charge on any atom is -1.00 e. The number of hydrogen-bond acceptors (Lipinski definition) is 0. The molecule has 5 heteroatoms. The highest BCUT2D eigenvalue weighted by molar-refractivity contribution is 7.38. The SMILES string of the molecule is CC(C)c1cc2ccccc2[s+]1C(F)(F)F.[Br-]. The van der Waals surface area contributed by atoms with Crippen molar-refractivity contribution in [3.63, 3.8) is 0 Å². The van der Waals surface area contributed by atoms with Gasteiger partial charge in [0, 0.05) is 17.4 Å². The van der Waals surface area contributed by atoms with Gasteiger partial charge >= 0.3 is 5.51 Å². The minimum atomic E-state index is -4.16. The lowest BCUT2D eigenvalue weighted by Crippen LogP contribution is -3.00. The van der Waals surface area contributed by atoms with E-state index in [1.807, 2.05) is 13.8 Å². The Balaban J connectivity index is 0.00000144. The Morgan fingerprint density at radius 3 is 2.24 bits per heavy atom. The van der Waals surface area contributed by atoms with Crippen molar-refractivity contribution in [3.05, 3.63) is 35.2 Å². The summed E-state index contributed by atoms with van der Waals surface area (Å²) in [5.41, 5.74) is -4.16. The minimum absolute atomic E-state index is 0. The van der Waals surface area contributed by atoms with Crippen LogP contribution in [0, 0.1) is 0 Å². The Morgan fingerprint density at radius 2 is 1.71 bits per heavy atom. The number of halogens is 4. The molecule has 1 aromatic heterocycles. The van der Waals surface area contributed by atoms with Gasteiger partial charge in [-0.25, -0.2) is 0 Å². The normalized spacial score (nSPS) is 12.9. The molecule has 0 radical (unpaired) electrons. The molecular weight excluding hydrogens is 313 g/mol. The molecule has 17 heavy (non-hydrogen) atoms. The van der Waals surface area contributed by atoms with Crippen LogP contribution in [0.2, 0.25) is 0 Å². The Bertz CT molecular complexity index is 514. The molecule has 0 saturated carbocycles. The van der Waals surface area contributed by atoms with E-state index in [0.29, 0.717) is 15.0 Å². The van der Waals surface area contributed by atoms with Gasteiger partial charge in [-0.3, -0.25) is 0 Å². The number of rotatable bonds is 1. The molecule has 0 aliphatic heterocycles. The summed E-state index contributed by atoms with van der Waals surface area (Å²) < 4.78 is 39.5. The average Bonchev–Trinajstić information content (AvgIpc) is 2.55. The van der Waals surface area contributed by atoms with Crippen molar-refractivity contribution in [1.82, 2.24) is 0 Å². The van der Waals surface area contributed by atoms with Crippen molar-refractivity contribution in [3.8, 4) is 0 Å². The highest BCUT2D eigenvalue weighted by Gasteiger charge is 2.48.